The van der Waals surface area contributed by atoms with Crippen LogP contribution in [0.4, 0.5) is 17.6 Å². The average Bonchev–Trinajstić information content (AvgIpc) is 3.32. The second-order valence-corrected chi connectivity index (χ2v) is 7.69. The highest BCUT2D eigenvalue weighted by molar-refractivity contribution is 7.19. The largest absolute Gasteiger partial charge is 0.417 e. The fourth-order valence-electron chi connectivity index (χ4n) is 3.28. The van der Waals surface area contributed by atoms with Gasteiger partial charge in [-0.05, 0) is 36.6 Å². The molecule has 1 atom stereocenters. The topological polar surface area (TPSA) is 33.2 Å². The standard InChI is InChI=1S/C21H14F4N2OS/c22-16-6-3-7-17-19(16)26-18(29-17)9-8-13-10-11-27(12-13)20(28)14-4-1-2-5-15(14)21(23,24)25/h1-7,13H,10-12H2/t13-/m1/s1. The van der Waals surface area contributed by atoms with Gasteiger partial charge in [0, 0.05) is 19.0 Å². The second-order valence-electron chi connectivity index (χ2n) is 6.66. The highest BCUT2D eigenvalue weighted by Gasteiger charge is 2.37. The van der Waals surface area contributed by atoms with E-state index in [1.807, 2.05) is 0 Å². The van der Waals surface area contributed by atoms with E-state index in [-0.39, 0.29) is 23.5 Å². The van der Waals surface area contributed by atoms with Gasteiger partial charge in [-0.2, -0.15) is 13.2 Å². The molecular weight excluding hydrogens is 404 g/mol. The molecule has 1 aliphatic rings. The molecule has 0 bridgehead atoms. The van der Waals surface area contributed by atoms with Crippen molar-refractivity contribution in [2.45, 2.75) is 12.6 Å². The third-order valence-corrected chi connectivity index (χ3v) is 5.63. The van der Waals surface area contributed by atoms with Gasteiger partial charge in [-0.15, -0.1) is 11.3 Å². The predicted octanol–water partition coefficient (Wildman–Crippen LogP) is 4.97. The minimum absolute atomic E-state index is 0.172. The summed E-state index contributed by atoms with van der Waals surface area (Å²) in [4.78, 5) is 18.2. The van der Waals surface area contributed by atoms with Gasteiger partial charge < -0.3 is 4.90 Å². The first-order valence-corrected chi connectivity index (χ1v) is 9.66. The molecule has 3 nitrogen and oxygen atoms in total. The van der Waals surface area contributed by atoms with Crippen LogP contribution in [0.3, 0.4) is 0 Å². The van der Waals surface area contributed by atoms with Crippen molar-refractivity contribution in [3.05, 3.63) is 64.4 Å². The summed E-state index contributed by atoms with van der Waals surface area (Å²) in [5.74, 6) is 4.70. The van der Waals surface area contributed by atoms with Crippen molar-refractivity contribution in [1.29, 1.82) is 0 Å². The number of carbonyl (C=O) groups excluding carboxylic acids is 1. The van der Waals surface area contributed by atoms with Gasteiger partial charge in [-0.3, -0.25) is 4.79 Å². The van der Waals surface area contributed by atoms with Crippen LogP contribution in [-0.2, 0) is 6.18 Å². The molecule has 3 aromatic rings. The molecule has 4 rings (SSSR count). The minimum Gasteiger partial charge on any atom is -0.337 e. The predicted molar refractivity (Wildman–Crippen MR) is 102 cm³/mol. The van der Waals surface area contributed by atoms with Crippen molar-refractivity contribution in [3.8, 4) is 11.8 Å². The van der Waals surface area contributed by atoms with Gasteiger partial charge in [0.2, 0.25) is 0 Å². The maximum atomic E-state index is 13.7. The zero-order valence-electron chi connectivity index (χ0n) is 15.0. The Morgan fingerprint density at radius 1 is 1.17 bits per heavy atom. The second kappa shape index (κ2) is 7.48. The molecule has 0 radical (unpaired) electrons. The van der Waals surface area contributed by atoms with E-state index in [0.29, 0.717) is 22.7 Å². The summed E-state index contributed by atoms with van der Waals surface area (Å²) in [7, 11) is 0. The summed E-state index contributed by atoms with van der Waals surface area (Å²) in [6.45, 7) is 0.579. The highest BCUT2D eigenvalue weighted by atomic mass is 32.1. The fourth-order valence-corrected chi connectivity index (χ4v) is 4.12. The molecule has 1 aliphatic heterocycles. The molecule has 1 fully saturated rings. The van der Waals surface area contributed by atoms with E-state index < -0.39 is 23.5 Å². The summed E-state index contributed by atoms with van der Waals surface area (Å²) in [6, 6.07) is 9.48. The number of thiazole rings is 1. The number of amides is 1. The van der Waals surface area contributed by atoms with E-state index in [9.17, 15) is 22.4 Å². The third-order valence-electron chi connectivity index (χ3n) is 4.69. The molecule has 0 N–H and O–H groups in total. The van der Waals surface area contributed by atoms with Gasteiger partial charge >= 0.3 is 6.18 Å². The van der Waals surface area contributed by atoms with Crippen LogP contribution in [-0.4, -0.2) is 28.9 Å². The molecule has 2 heterocycles. The SMILES string of the molecule is O=C(c1ccccc1C(F)(F)F)N1CC[C@@H](C#Cc2nc3c(F)cccc3s2)C1. The van der Waals surface area contributed by atoms with Crippen molar-refractivity contribution < 1.29 is 22.4 Å². The number of likely N-dealkylation sites (tertiary alicyclic amines) is 1. The number of nitrogens with zero attached hydrogens (tertiary/aromatic N) is 2. The Bertz CT molecular complexity index is 1140. The quantitative estimate of drug-likeness (QED) is 0.413. The number of rotatable bonds is 1. The Balaban J connectivity index is 1.50. The number of halogens is 4. The summed E-state index contributed by atoms with van der Waals surface area (Å²) in [5.41, 5.74) is -1.01. The van der Waals surface area contributed by atoms with Gasteiger partial charge in [-0.25, -0.2) is 9.37 Å². The number of hydrogen-bond acceptors (Lipinski definition) is 3. The molecule has 148 valence electrons. The summed E-state index contributed by atoms with van der Waals surface area (Å²) in [5, 5.41) is 0.470. The molecule has 0 saturated carbocycles. The van der Waals surface area contributed by atoms with Gasteiger partial charge in [0.1, 0.15) is 11.3 Å². The molecule has 0 spiro atoms. The van der Waals surface area contributed by atoms with Crippen LogP contribution in [0, 0.1) is 23.6 Å². The van der Waals surface area contributed by atoms with Crippen LogP contribution in [0.25, 0.3) is 10.2 Å². The number of aromatic nitrogens is 1. The Morgan fingerprint density at radius 3 is 2.72 bits per heavy atom. The Hall–Kier alpha value is -2.92. The molecule has 1 amide bonds. The maximum Gasteiger partial charge on any atom is 0.417 e. The number of benzene rings is 2. The molecular formula is C21H14F4N2OS. The van der Waals surface area contributed by atoms with Crippen LogP contribution in [0.2, 0.25) is 0 Å². The number of para-hydroxylation sites is 1. The van der Waals surface area contributed by atoms with Crippen LogP contribution in [0.1, 0.15) is 27.3 Å². The Kier molecular flexibility index (Phi) is 5.01. The lowest BCUT2D eigenvalue weighted by molar-refractivity contribution is -0.138. The molecule has 0 unspecified atom stereocenters. The zero-order chi connectivity index (χ0) is 20.6. The molecule has 1 aromatic heterocycles. The Morgan fingerprint density at radius 2 is 1.97 bits per heavy atom. The van der Waals surface area contributed by atoms with Crippen molar-refractivity contribution in [3.63, 3.8) is 0 Å². The zero-order valence-corrected chi connectivity index (χ0v) is 15.8. The molecule has 8 heteroatoms. The molecule has 2 aromatic carbocycles. The third kappa shape index (κ3) is 3.96. The van der Waals surface area contributed by atoms with Crippen LogP contribution < -0.4 is 0 Å². The fraction of sp³-hybridized carbons (Fsp3) is 0.238. The first-order chi connectivity index (χ1) is 13.8. The van der Waals surface area contributed by atoms with Crippen molar-refractivity contribution in [2.75, 3.05) is 13.1 Å². The van der Waals surface area contributed by atoms with Crippen LogP contribution in [0.5, 0.6) is 0 Å². The van der Waals surface area contributed by atoms with E-state index in [1.165, 1.54) is 40.5 Å². The summed E-state index contributed by atoms with van der Waals surface area (Å²) in [6.07, 6.45) is -4.03. The van der Waals surface area contributed by atoms with Crippen molar-refractivity contribution in [1.82, 2.24) is 9.88 Å². The maximum absolute atomic E-state index is 13.7. The van der Waals surface area contributed by atoms with Crippen LogP contribution >= 0.6 is 11.3 Å². The van der Waals surface area contributed by atoms with E-state index in [0.717, 1.165) is 6.07 Å². The van der Waals surface area contributed by atoms with Gasteiger partial charge in [0.05, 0.1) is 15.8 Å². The van der Waals surface area contributed by atoms with E-state index in [2.05, 4.69) is 16.8 Å². The number of carbonyl (C=O) groups is 1. The Labute approximate surface area is 168 Å². The lowest BCUT2D eigenvalue weighted by Crippen LogP contribution is -2.30. The summed E-state index contributed by atoms with van der Waals surface area (Å²) >= 11 is 1.27. The van der Waals surface area contributed by atoms with E-state index in [4.69, 9.17) is 0 Å². The van der Waals surface area contributed by atoms with E-state index >= 15 is 0 Å². The smallest absolute Gasteiger partial charge is 0.337 e. The monoisotopic (exact) mass is 418 g/mol. The normalized spacial score (nSPS) is 16.7. The molecule has 1 saturated heterocycles. The van der Waals surface area contributed by atoms with E-state index in [1.54, 1.807) is 12.1 Å². The van der Waals surface area contributed by atoms with Crippen LogP contribution in [0.15, 0.2) is 42.5 Å². The van der Waals surface area contributed by atoms with Gasteiger partial charge in [0.15, 0.2) is 5.01 Å². The lowest BCUT2D eigenvalue weighted by atomic mass is 10.1. The number of fused-ring (bicyclic) bond motifs is 1. The van der Waals surface area contributed by atoms with Gasteiger partial charge in [0.25, 0.3) is 5.91 Å². The first kappa shape index (κ1) is 19.4. The summed E-state index contributed by atoms with van der Waals surface area (Å²) < 4.78 is 53.9. The van der Waals surface area contributed by atoms with Gasteiger partial charge in [-0.1, -0.05) is 24.1 Å². The van der Waals surface area contributed by atoms with Crippen molar-refractivity contribution in [2.24, 2.45) is 5.92 Å². The number of alkyl halides is 3. The first-order valence-electron chi connectivity index (χ1n) is 8.85. The molecule has 0 aliphatic carbocycles. The minimum atomic E-state index is -4.59. The molecule has 29 heavy (non-hydrogen) atoms. The lowest BCUT2D eigenvalue weighted by Gasteiger charge is -2.18. The van der Waals surface area contributed by atoms with Crippen molar-refractivity contribution >= 4 is 27.5 Å². The number of hydrogen-bond donors (Lipinski definition) is 0. The average molecular weight is 418 g/mol. The highest BCUT2D eigenvalue weighted by Crippen LogP contribution is 2.33.